The third kappa shape index (κ3) is 2.82. The predicted octanol–water partition coefficient (Wildman–Crippen LogP) is 2.80. The van der Waals surface area contributed by atoms with Gasteiger partial charge in [-0.05, 0) is 43.9 Å². The van der Waals surface area contributed by atoms with Crippen LogP contribution in [0.4, 0.5) is 0 Å². The first kappa shape index (κ1) is 12.9. The summed E-state index contributed by atoms with van der Waals surface area (Å²) in [6.07, 6.45) is 7.56. The minimum absolute atomic E-state index is 0.434. The van der Waals surface area contributed by atoms with Crippen molar-refractivity contribution in [1.82, 2.24) is 5.32 Å². The van der Waals surface area contributed by atoms with Crippen molar-refractivity contribution in [3.8, 4) is 0 Å². The fraction of sp³-hybridized carbons (Fsp3) is 0.929. The molecule has 0 heterocycles. The van der Waals surface area contributed by atoms with Gasteiger partial charge < -0.3 is 5.11 Å². The van der Waals surface area contributed by atoms with Gasteiger partial charge in [0.05, 0.1) is 0 Å². The Labute approximate surface area is 104 Å². The molecule has 2 atom stereocenters. The summed E-state index contributed by atoms with van der Waals surface area (Å²) in [5, 5.41) is 13.1. The number of nitrogens with one attached hydrogen (secondary N) is 1. The van der Waals surface area contributed by atoms with Crippen LogP contribution in [0, 0.1) is 11.8 Å². The van der Waals surface area contributed by atoms with E-state index in [2.05, 4.69) is 19.2 Å². The number of carboxylic acid groups (broad SMARTS) is 1. The monoisotopic (exact) mass is 239 g/mol. The van der Waals surface area contributed by atoms with Crippen molar-refractivity contribution in [2.75, 3.05) is 0 Å². The molecule has 2 fully saturated rings. The zero-order chi connectivity index (χ0) is 12.5. The maximum absolute atomic E-state index is 11.7. The normalized spacial score (nSPS) is 39.4. The van der Waals surface area contributed by atoms with Gasteiger partial charge in [0.1, 0.15) is 5.54 Å². The fourth-order valence-electron chi connectivity index (χ4n) is 3.94. The Balaban J connectivity index is 2.10. The quantitative estimate of drug-likeness (QED) is 0.796. The van der Waals surface area contributed by atoms with E-state index in [1.165, 1.54) is 19.3 Å². The van der Waals surface area contributed by atoms with Crippen LogP contribution in [0.3, 0.4) is 0 Å². The standard InChI is InChI=1S/C14H25NO2/c1-10-7-11(2)9-14(8-10,13(16)17)15-12-5-3-4-6-12/h10-12,15H,3-9H2,1-2H3,(H,16,17). The molecule has 0 saturated heterocycles. The van der Waals surface area contributed by atoms with Crippen molar-refractivity contribution in [2.24, 2.45) is 11.8 Å². The predicted molar refractivity (Wildman–Crippen MR) is 67.9 cm³/mol. The van der Waals surface area contributed by atoms with Crippen molar-refractivity contribution in [3.63, 3.8) is 0 Å². The van der Waals surface area contributed by atoms with Crippen LogP contribution in [0.2, 0.25) is 0 Å². The summed E-state index contributed by atoms with van der Waals surface area (Å²) < 4.78 is 0. The van der Waals surface area contributed by atoms with Gasteiger partial charge in [0.25, 0.3) is 0 Å². The smallest absolute Gasteiger partial charge is 0.323 e. The molecular weight excluding hydrogens is 214 g/mol. The van der Waals surface area contributed by atoms with E-state index in [0.717, 1.165) is 25.7 Å². The molecule has 2 unspecified atom stereocenters. The van der Waals surface area contributed by atoms with Crippen LogP contribution >= 0.6 is 0 Å². The van der Waals surface area contributed by atoms with Crippen LogP contribution in [-0.2, 0) is 4.79 Å². The first-order chi connectivity index (χ1) is 8.02. The van der Waals surface area contributed by atoms with E-state index in [1.54, 1.807) is 0 Å². The van der Waals surface area contributed by atoms with Gasteiger partial charge >= 0.3 is 5.97 Å². The minimum atomic E-state index is -0.647. The summed E-state index contributed by atoms with van der Waals surface area (Å²) in [6, 6.07) is 0.434. The summed E-state index contributed by atoms with van der Waals surface area (Å²) in [6.45, 7) is 4.37. The highest BCUT2D eigenvalue weighted by Gasteiger charge is 2.45. The second kappa shape index (κ2) is 4.97. The Morgan fingerprint density at radius 2 is 1.71 bits per heavy atom. The van der Waals surface area contributed by atoms with E-state index in [9.17, 15) is 9.90 Å². The van der Waals surface area contributed by atoms with Gasteiger partial charge in [0.2, 0.25) is 0 Å². The Kier molecular flexibility index (Phi) is 3.76. The van der Waals surface area contributed by atoms with Crippen molar-refractivity contribution in [3.05, 3.63) is 0 Å². The van der Waals surface area contributed by atoms with Crippen LogP contribution in [0.5, 0.6) is 0 Å². The van der Waals surface area contributed by atoms with Gasteiger partial charge in [0, 0.05) is 6.04 Å². The molecule has 2 rings (SSSR count). The third-order valence-corrected chi connectivity index (χ3v) is 4.44. The summed E-state index contributed by atoms with van der Waals surface area (Å²) >= 11 is 0. The number of carbonyl (C=O) groups is 1. The van der Waals surface area contributed by atoms with E-state index in [0.29, 0.717) is 17.9 Å². The number of rotatable bonds is 3. The molecule has 0 aromatic rings. The summed E-state index contributed by atoms with van der Waals surface area (Å²) in [5.41, 5.74) is -0.647. The molecule has 2 N–H and O–H groups in total. The number of carboxylic acids is 1. The SMILES string of the molecule is CC1CC(C)CC(NC2CCCC2)(C(=O)O)C1. The van der Waals surface area contributed by atoms with Crippen LogP contribution in [0.25, 0.3) is 0 Å². The second-order valence-electron chi connectivity index (χ2n) is 6.37. The number of hydrogen-bond acceptors (Lipinski definition) is 2. The van der Waals surface area contributed by atoms with Crippen molar-refractivity contribution in [2.45, 2.75) is 70.4 Å². The Bertz CT molecular complexity index is 274. The molecule has 17 heavy (non-hydrogen) atoms. The summed E-state index contributed by atoms with van der Waals surface area (Å²) in [7, 11) is 0. The van der Waals surface area contributed by atoms with Crippen LogP contribution < -0.4 is 5.32 Å². The lowest BCUT2D eigenvalue weighted by atomic mass is 9.71. The molecule has 0 spiro atoms. The molecule has 2 aliphatic rings. The third-order valence-electron chi connectivity index (χ3n) is 4.44. The maximum Gasteiger partial charge on any atom is 0.323 e. The highest BCUT2D eigenvalue weighted by Crippen LogP contribution is 2.37. The van der Waals surface area contributed by atoms with E-state index < -0.39 is 11.5 Å². The topological polar surface area (TPSA) is 49.3 Å². The van der Waals surface area contributed by atoms with Gasteiger partial charge in [-0.25, -0.2) is 0 Å². The second-order valence-corrected chi connectivity index (χ2v) is 6.37. The van der Waals surface area contributed by atoms with Gasteiger partial charge in [-0.15, -0.1) is 0 Å². The molecule has 0 aliphatic heterocycles. The van der Waals surface area contributed by atoms with Crippen molar-refractivity contribution >= 4 is 5.97 Å². The Morgan fingerprint density at radius 3 is 2.18 bits per heavy atom. The lowest BCUT2D eigenvalue weighted by Crippen LogP contribution is -2.58. The number of hydrogen-bond donors (Lipinski definition) is 2. The van der Waals surface area contributed by atoms with Gasteiger partial charge in [-0.3, -0.25) is 10.1 Å². The van der Waals surface area contributed by atoms with Crippen LogP contribution in [-0.4, -0.2) is 22.7 Å². The molecule has 2 aliphatic carbocycles. The summed E-state index contributed by atoms with van der Waals surface area (Å²) in [4.78, 5) is 11.7. The molecule has 3 nitrogen and oxygen atoms in total. The molecule has 0 amide bonds. The molecule has 0 bridgehead atoms. The minimum Gasteiger partial charge on any atom is -0.480 e. The summed E-state index contributed by atoms with van der Waals surface area (Å²) in [5.74, 6) is 0.398. The van der Waals surface area contributed by atoms with Crippen molar-refractivity contribution < 1.29 is 9.90 Å². The first-order valence-corrected chi connectivity index (χ1v) is 7.03. The van der Waals surface area contributed by atoms with Gasteiger partial charge in [-0.2, -0.15) is 0 Å². The fourth-order valence-corrected chi connectivity index (χ4v) is 3.94. The molecule has 0 aromatic heterocycles. The molecule has 98 valence electrons. The van der Waals surface area contributed by atoms with Crippen LogP contribution in [0.1, 0.15) is 58.8 Å². The zero-order valence-corrected chi connectivity index (χ0v) is 11.0. The van der Waals surface area contributed by atoms with Crippen LogP contribution in [0.15, 0.2) is 0 Å². The average Bonchev–Trinajstić information content (AvgIpc) is 2.68. The largest absolute Gasteiger partial charge is 0.480 e. The zero-order valence-electron chi connectivity index (χ0n) is 11.0. The van der Waals surface area contributed by atoms with E-state index in [1.807, 2.05) is 0 Å². The maximum atomic E-state index is 11.7. The molecule has 0 radical (unpaired) electrons. The van der Waals surface area contributed by atoms with Gasteiger partial charge in [0.15, 0.2) is 0 Å². The first-order valence-electron chi connectivity index (χ1n) is 7.03. The average molecular weight is 239 g/mol. The van der Waals surface area contributed by atoms with Gasteiger partial charge in [-0.1, -0.05) is 26.7 Å². The molecule has 0 aromatic carbocycles. The highest BCUT2D eigenvalue weighted by atomic mass is 16.4. The number of aliphatic carboxylic acids is 1. The lowest BCUT2D eigenvalue weighted by molar-refractivity contribution is -0.148. The van der Waals surface area contributed by atoms with E-state index >= 15 is 0 Å². The van der Waals surface area contributed by atoms with E-state index in [-0.39, 0.29) is 0 Å². The Morgan fingerprint density at radius 1 is 1.18 bits per heavy atom. The molecule has 2 saturated carbocycles. The molecule has 3 heteroatoms. The van der Waals surface area contributed by atoms with Crippen molar-refractivity contribution in [1.29, 1.82) is 0 Å². The highest BCUT2D eigenvalue weighted by molar-refractivity contribution is 5.79. The lowest BCUT2D eigenvalue weighted by Gasteiger charge is -2.42. The Hall–Kier alpha value is -0.570. The van der Waals surface area contributed by atoms with E-state index in [4.69, 9.17) is 0 Å². The molecular formula is C14H25NO2.